The molecule has 0 bridgehead atoms. The van der Waals surface area contributed by atoms with Gasteiger partial charge >= 0.3 is 6.03 Å². The highest BCUT2D eigenvalue weighted by Crippen LogP contribution is 2.17. The van der Waals surface area contributed by atoms with Crippen molar-refractivity contribution in [1.29, 1.82) is 0 Å². The highest BCUT2D eigenvalue weighted by atomic mass is 32.2. The van der Waals surface area contributed by atoms with Gasteiger partial charge in [0.05, 0.1) is 17.3 Å². The van der Waals surface area contributed by atoms with E-state index in [1.807, 2.05) is 0 Å². The molecule has 1 heterocycles. The minimum Gasteiger partial charge on any atom is -0.494 e. The molecular weight excluding hydrogens is 368 g/mol. The molecule has 1 aromatic rings. The van der Waals surface area contributed by atoms with E-state index >= 15 is 0 Å². The summed E-state index contributed by atoms with van der Waals surface area (Å²) in [7, 11) is -3.71. The van der Waals surface area contributed by atoms with Crippen LogP contribution in [0, 0.1) is 10.1 Å². The Morgan fingerprint density at radius 1 is 1.27 bits per heavy atom. The summed E-state index contributed by atoms with van der Waals surface area (Å²) in [6.07, 6.45) is 0.261. The minimum atomic E-state index is -3.71. The van der Waals surface area contributed by atoms with E-state index in [1.165, 1.54) is 24.3 Å². The van der Waals surface area contributed by atoms with E-state index in [0.29, 0.717) is 12.2 Å². The largest absolute Gasteiger partial charge is 0.494 e. The SMILES string of the molecule is NS(=O)(=O)CCC1NC(=O)N(CCCOc2ccc([N+](=O)[O-])cc2)C1=O. The molecule has 26 heavy (non-hydrogen) atoms. The molecule has 1 aliphatic heterocycles. The first-order valence-corrected chi connectivity index (χ1v) is 9.38. The first kappa shape index (κ1) is 19.6. The number of urea groups is 1. The van der Waals surface area contributed by atoms with Crippen LogP contribution in [0.4, 0.5) is 10.5 Å². The molecule has 0 spiro atoms. The van der Waals surface area contributed by atoms with E-state index in [0.717, 1.165) is 4.90 Å². The van der Waals surface area contributed by atoms with Crippen molar-refractivity contribution in [3.05, 3.63) is 34.4 Å². The van der Waals surface area contributed by atoms with Crippen molar-refractivity contribution in [2.75, 3.05) is 18.9 Å². The molecule has 3 amide bonds. The Hall–Kier alpha value is -2.73. The van der Waals surface area contributed by atoms with Crippen LogP contribution in [0.15, 0.2) is 24.3 Å². The Morgan fingerprint density at radius 3 is 2.50 bits per heavy atom. The van der Waals surface area contributed by atoms with Gasteiger partial charge in [-0.05, 0) is 25.0 Å². The topological polar surface area (TPSA) is 162 Å². The number of hydrogen-bond acceptors (Lipinski definition) is 7. The molecule has 0 aliphatic carbocycles. The summed E-state index contributed by atoms with van der Waals surface area (Å²) in [4.78, 5) is 34.9. The van der Waals surface area contributed by atoms with E-state index in [9.17, 15) is 28.1 Å². The fourth-order valence-electron chi connectivity index (χ4n) is 2.34. The second kappa shape index (κ2) is 8.10. The summed E-state index contributed by atoms with van der Waals surface area (Å²) in [5.74, 6) is -0.478. The van der Waals surface area contributed by atoms with Crippen LogP contribution in [0.1, 0.15) is 12.8 Å². The average molecular weight is 386 g/mol. The Kier molecular flexibility index (Phi) is 6.10. The molecule has 11 nitrogen and oxygen atoms in total. The Morgan fingerprint density at radius 2 is 1.92 bits per heavy atom. The minimum absolute atomic E-state index is 0.0535. The molecule has 142 valence electrons. The molecule has 1 saturated heterocycles. The maximum atomic E-state index is 12.1. The Labute approximate surface area is 149 Å². The number of nitro groups is 1. The normalized spacial score (nSPS) is 17.3. The summed E-state index contributed by atoms with van der Waals surface area (Å²) in [5, 5.41) is 17.9. The number of benzene rings is 1. The van der Waals surface area contributed by atoms with Gasteiger partial charge in [-0.2, -0.15) is 0 Å². The van der Waals surface area contributed by atoms with Crippen molar-refractivity contribution in [1.82, 2.24) is 10.2 Å². The van der Waals surface area contributed by atoms with Gasteiger partial charge in [0.15, 0.2) is 0 Å². The number of ether oxygens (including phenoxy) is 1. The van der Waals surface area contributed by atoms with Gasteiger partial charge in [0.25, 0.3) is 11.6 Å². The molecule has 1 fully saturated rings. The molecule has 0 radical (unpaired) electrons. The van der Waals surface area contributed by atoms with Crippen LogP contribution >= 0.6 is 0 Å². The van der Waals surface area contributed by atoms with Crippen LogP contribution in [0.3, 0.4) is 0 Å². The average Bonchev–Trinajstić information content (AvgIpc) is 2.83. The molecule has 1 aromatic carbocycles. The highest BCUT2D eigenvalue weighted by Gasteiger charge is 2.37. The van der Waals surface area contributed by atoms with E-state index < -0.39 is 38.7 Å². The number of carbonyl (C=O) groups excluding carboxylic acids is 2. The number of sulfonamides is 1. The summed E-state index contributed by atoms with van der Waals surface area (Å²) < 4.78 is 27.3. The standard InChI is InChI=1S/C14H18N4O7S/c15-26(23,24)9-6-12-13(19)17(14(20)16-12)7-1-8-25-11-4-2-10(3-5-11)18(21)22/h2-5,12H,1,6-9H2,(H,16,20)(H2,15,23,24). The highest BCUT2D eigenvalue weighted by molar-refractivity contribution is 7.89. The van der Waals surface area contributed by atoms with Gasteiger partial charge in [-0.1, -0.05) is 0 Å². The number of non-ortho nitro benzene ring substituents is 1. The number of carbonyl (C=O) groups is 2. The van der Waals surface area contributed by atoms with Crippen molar-refractivity contribution in [2.24, 2.45) is 5.14 Å². The molecule has 12 heteroatoms. The lowest BCUT2D eigenvalue weighted by Crippen LogP contribution is -2.34. The number of nitrogens with zero attached hydrogens (tertiary/aromatic N) is 2. The van der Waals surface area contributed by atoms with E-state index in [2.05, 4.69) is 5.32 Å². The summed E-state index contributed by atoms with van der Waals surface area (Å²) >= 11 is 0. The molecule has 2 rings (SSSR count). The lowest BCUT2D eigenvalue weighted by Gasteiger charge is -2.13. The number of hydrogen-bond donors (Lipinski definition) is 2. The van der Waals surface area contributed by atoms with Crippen LogP contribution in [0.2, 0.25) is 0 Å². The second-order valence-corrected chi connectivity index (χ2v) is 7.33. The second-order valence-electron chi connectivity index (χ2n) is 5.60. The first-order valence-electron chi connectivity index (χ1n) is 7.67. The zero-order valence-corrected chi connectivity index (χ0v) is 14.5. The number of nitrogens with two attached hydrogens (primary N) is 1. The van der Waals surface area contributed by atoms with Crippen LogP contribution in [0.5, 0.6) is 5.75 Å². The Bertz CT molecular complexity index is 794. The monoisotopic (exact) mass is 386 g/mol. The summed E-state index contributed by atoms with van der Waals surface area (Å²) in [5.41, 5.74) is -0.0535. The maximum Gasteiger partial charge on any atom is 0.324 e. The van der Waals surface area contributed by atoms with Gasteiger partial charge in [-0.15, -0.1) is 0 Å². The van der Waals surface area contributed by atoms with Crippen molar-refractivity contribution in [2.45, 2.75) is 18.9 Å². The van der Waals surface area contributed by atoms with E-state index in [1.54, 1.807) is 0 Å². The van der Waals surface area contributed by atoms with Gasteiger partial charge in [0.1, 0.15) is 11.8 Å². The van der Waals surface area contributed by atoms with Crippen molar-refractivity contribution in [3.8, 4) is 5.75 Å². The van der Waals surface area contributed by atoms with Crippen LogP contribution in [-0.2, 0) is 14.8 Å². The van der Waals surface area contributed by atoms with Crippen LogP contribution < -0.4 is 15.2 Å². The molecule has 0 aromatic heterocycles. The van der Waals surface area contributed by atoms with Gasteiger partial charge < -0.3 is 10.1 Å². The van der Waals surface area contributed by atoms with E-state index in [-0.39, 0.29) is 25.3 Å². The van der Waals surface area contributed by atoms with Crippen LogP contribution in [-0.4, -0.2) is 55.1 Å². The van der Waals surface area contributed by atoms with Crippen molar-refractivity contribution < 1.29 is 27.7 Å². The number of rotatable bonds is 9. The third-order valence-corrected chi connectivity index (χ3v) is 4.45. The van der Waals surface area contributed by atoms with Gasteiger partial charge in [-0.3, -0.25) is 19.8 Å². The van der Waals surface area contributed by atoms with E-state index in [4.69, 9.17) is 9.88 Å². The maximum absolute atomic E-state index is 12.1. The zero-order chi connectivity index (χ0) is 19.3. The third-order valence-electron chi connectivity index (χ3n) is 3.64. The number of primary sulfonamides is 1. The first-order chi connectivity index (χ1) is 12.2. The summed E-state index contributed by atoms with van der Waals surface area (Å²) in [6.45, 7) is 0.292. The lowest BCUT2D eigenvalue weighted by molar-refractivity contribution is -0.384. The molecular formula is C14H18N4O7S. The molecule has 3 N–H and O–H groups in total. The predicted octanol–water partition coefficient (Wildman–Crippen LogP) is -0.0373. The van der Waals surface area contributed by atoms with Crippen molar-refractivity contribution in [3.63, 3.8) is 0 Å². The fraction of sp³-hybridized carbons (Fsp3) is 0.429. The molecule has 0 saturated carbocycles. The summed E-state index contributed by atoms with van der Waals surface area (Å²) in [6, 6.07) is 4.02. The predicted molar refractivity (Wildman–Crippen MR) is 89.8 cm³/mol. The Balaban J connectivity index is 1.77. The fourth-order valence-corrected chi connectivity index (χ4v) is 2.91. The molecule has 1 aliphatic rings. The van der Waals surface area contributed by atoms with Gasteiger partial charge in [-0.25, -0.2) is 18.4 Å². The molecule has 1 unspecified atom stereocenters. The number of amides is 3. The number of nitrogens with one attached hydrogen (secondary N) is 1. The van der Waals surface area contributed by atoms with Gasteiger partial charge in [0.2, 0.25) is 10.0 Å². The number of imide groups is 1. The zero-order valence-electron chi connectivity index (χ0n) is 13.7. The quantitative estimate of drug-likeness (QED) is 0.260. The lowest BCUT2D eigenvalue weighted by atomic mass is 10.2. The number of nitro benzene ring substituents is 1. The molecule has 1 atom stereocenters. The van der Waals surface area contributed by atoms with Gasteiger partial charge in [0, 0.05) is 18.7 Å². The third kappa shape index (κ3) is 5.39. The van der Waals surface area contributed by atoms with Crippen LogP contribution in [0.25, 0.3) is 0 Å². The van der Waals surface area contributed by atoms with Crippen molar-refractivity contribution >= 4 is 27.6 Å². The smallest absolute Gasteiger partial charge is 0.324 e.